The summed E-state index contributed by atoms with van der Waals surface area (Å²) in [6.07, 6.45) is 1.94. The molecule has 0 saturated heterocycles. The van der Waals surface area contributed by atoms with E-state index in [1.54, 1.807) is 0 Å². The molecule has 0 atom stereocenters. The number of hydrogen-bond donors (Lipinski definition) is 1. The van der Waals surface area contributed by atoms with E-state index in [0.717, 1.165) is 6.54 Å². The molecule has 0 aliphatic heterocycles. The Morgan fingerprint density at radius 1 is 1.08 bits per heavy atom. The van der Waals surface area contributed by atoms with Gasteiger partial charge in [-0.25, -0.2) is 0 Å². The highest BCUT2D eigenvalue weighted by molar-refractivity contribution is 5.63. The monoisotopic (exact) mass is 170 g/mol. The summed E-state index contributed by atoms with van der Waals surface area (Å²) in [5.74, 6) is 0. The van der Waals surface area contributed by atoms with Crippen molar-refractivity contribution in [3.8, 4) is 0 Å². The molecule has 0 aliphatic carbocycles. The molecule has 0 rings (SSSR count). The highest BCUT2D eigenvalue weighted by Gasteiger charge is 2.09. The molecule has 0 aromatic rings. The summed E-state index contributed by atoms with van der Waals surface area (Å²) in [7, 11) is 0. The molecule has 0 heterocycles. The Balaban J connectivity index is 3.64. The third kappa shape index (κ3) is 9.47. The molecule has 0 spiro atoms. The van der Waals surface area contributed by atoms with E-state index < -0.39 is 0 Å². The number of hydrogen-bond acceptors (Lipinski definition) is 2. The lowest BCUT2D eigenvalue weighted by atomic mass is 9.97. The fraction of sp³-hybridized carbons (Fsp3) is 0.900. The third-order valence-electron chi connectivity index (χ3n) is 1.15. The van der Waals surface area contributed by atoms with E-state index in [-0.39, 0.29) is 5.41 Å². The molecule has 0 amide bonds. The highest BCUT2D eigenvalue weighted by Crippen LogP contribution is 2.11. The van der Waals surface area contributed by atoms with E-state index in [2.05, 4.69) is 52.1 Å². The van der Waals surface area contributed by atoms with Crippen LogP contribution in [0.25, 0.3) is 0 Å². The van der Waals surface area contributed by atoms with Crippen LogP contribution in [0.1, 0.15) is 41.5 Å². The van der Waals surface area contributed by atoms with Gasteiger partial charge in [-0.05, 0) is 10.8 Å². The maximum absolute atomic E-state index is 4.15. The quantitative estimate of drug-likeness (QED) is 0.500. The first-order valence-corrected chi connectivity index (χ1v) is 4.48. The predicted molar refractivity (Wildman–Crippen MR) is 55.4 cm³/mol. The van der Waals surface area contributed by atoms with Gasteiger partial charge in [-0.2, -0.15) is 5.10 Å². The van der Waals surface area contributed by atoms with Gasteiger partial charge < -0.3 is 5.43 Å². The SMILES string of the molecule is CC(C)(C)/C=N\NCC(C)(C)C. The van der Waals surface area contributed by atoms with Gasteiger partial charge in [-0.15, -0.1) is 0 Å². The first-order valence-electron chi connectivity index (χ1n) is 4.48. The number of rotatable bonds is 2. The zero-order chi connectivity index (χ0) is 9.83. The molecule has 72 valence electrons. The third-order valence-corrected chi connectivity index (χ3v) is 1.15. The summed E-state index contributed by atoms with van der Waals surface area (Å²) in [6, 6.07) is 0. The van der Waals surface area contributed by atoms with Gasteiger partial charge in [-0.1, -0.05) is 41.5 Å². The zero-order valence-corrected chi connectivity index (χ0v) is 9.23. The van der Waals surface area contributed by atoms with Crippen LogP contribution in [0.4, 0.5) is 0 Å². The minimum atomic E-state index is 0.172. The molecule has 0 aromatic carbocycles. The van der Waals surface area contributed by atoms with E-state index in [9.17, 15) is 0 Å². The van der Waals surface area contributed by atoms with Crippen molar-refractivity contribution in [1.82, 2.24) is 5.43 Å². The Morgan fingerprint density at radius 2 is 1.58 bits per heavy atom. The molecule has 0 fully saturated rings. The van der Waals surface area contributed by atoms with Crippen LogP contribution in [0.15, 0.2) is 5.10 Å². The van der Waals surface area contributed by atoms with Gasteiger partial charge in [0.15, 0.2) is 0 Å². The second-order valence-corrected chi connectivity index (χ2v) is 5.52. The molecule has 2 heteroatoms. The summed E-state index contributed by atoms with van der Waals surface area (Å²) in [5, 5.41) is 4.15. The molecule has 0 aromatic heterocycles. The van der Waals surface area contributed by atoms with Gasteiger partial charge >= 0.3 is 0 Å². The van der Waals surface area contributed by atoms with Gasteiger partial charge in [-0.3, -0.25) is 0 Å². The maximum Gasteiger partial charge on any atom is 0.0378 e. The largest absolute Gasteiger partial charge is 0.310 e. The Kier molecular flexibility index (Phi) is 3.75. The van der Waals surface area contributed by atoms with E-state index in [0.29, 0.717) is 5.41 Å². The molecule has 0 aliphatic rings. The standard InChI is InChI=1S/C10H22N2/c1-9(2,3)7-11-12-8-10(4,5)6/h7,12H,8H2,1-6H3/b11-7-. The van der Waals surface area contributed by atoms with Crippen LogP contribution in [0, 0.1) is 10.8 Å². The lowest BCUT2D eigenvalue weighted by Crippen LogP contribution is -2.23. The highest BCUT2D eigenvalue weighted by atomic mass is 15.3. The van der Waals surface area contributed by atoms with Crippen molar-refractivity contribution in [2.24, 2.45) is 15.9 Å². The lowest BCUT2D eigenvalue weighted by molar-refractivity contribution is 0.384. The molecule has 0 unspecified atom stereocenters. The topological polar surface area (TPSA) is 24.4 Å². The predicted octanol–water partition coefficient (Wildman–Crippen LogP) is 2.65. The molecular weight excluding hydrogens is 148 g/mol. The summed E-state index contributed by atoms with van der Waals surface area (Å²) < 4.78 is 0. The average molecular weight is 170 g/mol. The van der Waals surface area contributed by atoms with Crippen LogP contribution in [-0.4, -0.2) is 12.8 Å². The summed E-state index contributed by atoms with van der Waals surface area (Å²) >= 11 is 0. The van der Waals surface area contributed by atoms with Crippen molar-refractivity contribution in [2.45, 2.75) is 41.5 Å². The summed E-state index contributed by atoms with van der Waals surface area (Å²) in [5.41, 5.74) is 3.52. The van der Waals surface area contributed by atoms with Crippen molar-refractivity contribution < 1.29 is 0 Å². The molecule has 2 nitrogen and oxygen atoms in total. The first-order chi connectivity index (χ1) is 5.21. The number of hydrazone groups is 1. The number of nitrogens with one attached hydrogen (secondary N) is 1. The Morgan fingerprint density at radius 3 is 1.92 bits per heavy atom. The van der Waals surface area contributed by atoms with E-state index in [1.807, 2.05) is 6.21 Å². The second kappa shape index (κ2) is 3.92. The zero-order valence-electron chi connectivity index (χ0n) is 9.23. The van der Waals surface area contributed by atoms with Crippen molar-refractivity contribution in [1.29, 1.82) is 0 Å². The van der Waals surface area contributed by atoms with Crippen molar-refractivity contribution in [3.63, 3.8) is 0 Å². The average Bonchev–Trinajstić information content (AvgIpc) is 1.76. The van der Waals surface area contributed by atoms with Crippen molar-refractivity contribution in [2.75, 3.05) is 6.54 Å². The van der Waals surface area contributed by atoms with Crippen LogP contribution >= 0.6 is 0 Å². The Hall–Kier alpha value is -0.530. The van der Waals surface area contributed by atoms with Crippen molar-refractivity contribution >= 4 is 6.21 Å². The van der Waals surface area contributed by atoms with Gasteiger partial charge in [0.1, 0.15) is 0 Å². The Bertz CT molecular complexity index is 146. The summed E-state index contributed by atoms with van der Waals surface area (Å²) in [6.45, 7) is 13.9. The summed E-state index contributed by atoms with van der Waals surface area (Å²) in [4.78, 5) is 0. The van der Waals surface area contributed by atoms with Crippen LogP contribution in [0.3, 0.4) is 0 Å². The van der Waals surface area contributed by atoms with Gasteiger partial charge in [0.25, 0.3) is 0 Å². The normalized spacial score (nSPS) is 13.8. The minimum Gasteiger partial charge on any atom is -0.310 e. The fourth-order valence-electron chi connectivity index (χ4n) is 0.522. The lowest BCUT2D eigenvalue weighted by Gasteiger charge is -2.17. The molecule has 0 bridgehead atoms. The van der Waals surface area contributed by atoms with E-state index >= 15 is 0 Å². The molecule has 0 radical (unpaired) electrons. The molecule has 12 heavy (non-hydrogen) atoms. The minimum absolute atomic E-state index is 0.172. The van der Waals surface area contributed by atoms with E-state index in [1.165, 1.54) is 0 Å². The number of nitrogens with zero attached hydrogens (tertiary/aromatic N) is 1. The van der Waals surface area contributed by atoms with Crippen LogP contribution in [0.5, 0.6) is 0 Å². The Labute approximate surface area is 76.4 Å². The first kappa shape index (κ1) is 11.5. The molecule has 0 saturated carbocycles. The van der Waals surface area contributed by atoms with Crippen LogP contribution < -0.4 is 5.43 Å². The van der Waals surface area contributed by atoms with Gasteiger partial charge in [0.2, 0.25) is 0 Å². The van der Waals surface area contributed by atoms with E-state index in [4.69, 9.17) is 0 Å². The van der Waals surface area contributed by atoms with Crippen molar-refractivity contribution in [3.05, 3.63) is 0 Å². The van der Waals surface area contributed by atoms with Crippen LogP contribution in [-0.2, 0) is 0 Å². The fourth-order valence-corrected chi connectivity index (χ4v) is 0.522. The van der Waals surface area contributed by atoms with Gasteiger partial charge in [0, 0.05) is 12.8 Å². The molecular formula is C10H22N2. The maximum atomic E-state index is 4.15. The molecule has 1 N–H and O–H groups in total. The van der Waals surface area contributed by atoms with Gasteiger partial charge in [0.05, 0.1) is 0 Å². The second-order valence-electron chi connectivity index (χ2n) is 5.52. The smallest absolute Gasteiger partial charge is 0.0378 e. The van der Waals surface area contributed by atoms with Crippen LogP contribution in [0.2, 0.25) is 0 Å².